The maximum absolute atomic E-state index is 12.4. The van der Waals surface area contributed by atoms with Gasteiger partial charge in [0.05, 0.1) is 18.4 Å². The number of methoxy groups -OCH3 is 1. The Morgan fingerprint density at radius 2 is 1.63 bits per heavy atom. The smallest absolute Gasteiger partial charge is 0.339 e. The highest BCUT2D eigenvalue weighted by Crippen LogP contribution is 2.27. The van der Waals surface area contributed by atoms with Crippen LogP contribution in [0, 0.1) is 6.92 Å². The number of nitrogens with one attached hydrogen (secondary N) is 2. The number of para-hydroxylation sites is 2. The van der Waals surface area contributed by atoms with Crippen molar-refractivity contribution in [3.63, 3.8) is 0 Å². The van der Waals surface area contributed by atoms with Gasteiger partial charge in [0.25, 0.3) is 0 Å². The molecule has 6 nitrogen and oxygen atoms in total. The minimum absolute atomic E-state index is 0.231. The van der Waals surface area contributed by atoms with E-state index in [2.05, 4.69) is 10.6 Å². The second-order valence-corrected chi connectivity index (χ2v) is 6.50. The van der Waals surface area contributed by atoms with Crippen LogP contribution in [0.1, 0.15) is 47.7 Å². The van der Waals surface area contributed by atoms with E-state index in [1.807, 2.05) is 39.0 Å². The van der Waals surface area contributed by atoms with Gasteiger partial charge in [-0.2, -0.15) is 0 Å². The molecule has 0 aliphatic heterocycles. The fourth-order valence-electron chi connectivity index (χ4n) is 2.75. The zero-order valence-electron chi connectivity index (χ0n) is 16.0. The molecule has 0 aliphatic rings. The molecule has 0 aromatic heterocycles. The molecule has 0 radical (unpaired) electrons. The molecule has 27 heavy (non-hydrogen) atoms. The van der Waals surface area contributed by atoms with Gasteiger partial charge in [-0.15, -0.1) is 0 Å². The number of anilines is 2. The predicted octanol–water partition coefficient (Wildman–Crippen LogP) is 3.87. The summed E-state index contributed by atoms with van der Waals surface area (Å²) in [5.41, 5.74) is 3.22. The lowest BCUT2D eigenvalue weighted by molar-refractivity contribution is -0.123. The zero-order chi connectivity index (χ0) is 20.0. The number of ether oxygens (including phenoxy) is 1. The summed E-state index contributed by atoms with van der Waals surface area (Å²) >= 11 is 0. The van der Waals surface area contributed by atoms with Crippen molar-refractivity contribution in [1.82, 2.24) is 0 Å². The van der Waals surface area contributed by atoms with E-state index in [1.165, 1.54) is 7.11 Å². The van der Waals surface area contributed by atoms with E-state index in [9.17, 15) is 14.4 Å². The van der Waals surface area contributed by atoms with Crippen LogP contribution in [0.15, 0.2) is 42.5 Å². The first-order valence-electron chi connectivity index (χ1n) is 8.70. The topological polar surface area (TPSA) is 84.5 Å². The average Bonchev–Trinajstić information content (AvgIpc) is 2.62. The van der Waals surface area contributed by atoms with Crippen molar-refractivity contribution >= 4 is 29.2 Å². The Morgan fingerprint density at radius 3 is 2.30 bits per heavy atom. The van der Waals surface area contributed by atoms with Crippen molar-refractivity contribution < 1.29 is 19.1 Å². The highest BCUT2D eigenvalue weighted by molar-refractivity contribution is 6.10. The number of aryl methyl sites for hydroxylation is 1. The lowest BCUT2D eigenvalue weighted by atomic mass is 9.98. The van der Waals surface area contributed by atoms with Gasteiger partial charge in [-0.1, -0.05) is 44.2 Å². The lowest BCUT2D eigenvalue weighted by Crippen LogP contribution is -2.23. The van der Waals surface area contributed by atoms with Gasteiger partial charge in [0.1, 0.15) is 6.42 Å². The average molecular weight is 368 g/mol. The van der Waals surface area contributed by atoms with Crippen molar-refractivity contribution in [2.75, 3.05) is 17.7 Å². The van der Waals surface area contributed by atoms with Crippen LogP contribution in [0.4, 0.5) is 11.4 Å². The van der Waals surface area contributed by atoms with E-state index in [0.717, 1.165) is 16.8 Å². The van der Waals surface area contributed by atoms with Crippen molar-refractivity contribution in [2.45, 2.75) is 33.1 Å². The molecular weight excluding hydrogens is 344 g/mol. The molecule has 0 unspecified atom stereocenters. The van der Waals surface area contributed by atoms with E-state index in [-0.39, 0.29) is 17.9 Å². The molecule has 0 bridgehead atoms. The van der Waals surface area contributed by atoms with Crippen LogP contribution < -0.4 is 10.6 Å². The third-order valence-electron chi connectivity index (χ3n) is 4.12. The van der Waals surface area contributed by atoms with Gasteiger partial charge >= 0.3 is 5.97 Å². The van der Waals surface area contributed by atoms with Crippen LogP contribution in [-0.2, 0) is 14.3 Å². The molecule has 6 heteroatoms. The minimum Gasteiger partial charge on any atom is -0.465 e. The molecule has 0 fully saturated rings. The van der Waals surface area contributed by atoms with Gasteiger partial charge in [-0.3, -0.25) is 9.59 Å². The summed E-state index contributed by atoms with van der Waals surface area (Å²) in [5.74, 6) is -1.25. The van der Waals surface area contributed by atoms with Crippen LogP contribution in [0.25, 0.3) is 0 Å². The number of hydrogen-bond acceptors (Lipinski definition) is 4. The monoisotopic (exact) mass is 368 g/mol. The fraction of sp³-hybridized carbons (Fsp3) is 0.286. The molecule has 0 saturated heterocycles. The quantitative estimate of drug-likeness (QED) is 0.599. The van der Waals surface area contributed by atoms with Crippen molar-refractivity contribution in [2.24, 2.45) is 0 Å². The SMILES string of the molecule is COC(=O)c1ccccc1NC(=O)CC(=O)Nc1c(C)cccc1C(C)C. The third-order valence-corrected chi connectivity index (χ3v) is 4.12. The van der Waals surface area contributed by atoms with Gasteiger partial charge in [0, 0.05) is 5.69 Å². The third kappa shape index (κ3) is 5.17. The molecule has 142 valence electrons. The van der Waals surface area contributed by atoms with Gasteiger partial charge < -0.3 is 15.4 Å². The number of carbonyl (C=O) groups excluding carboxylic acids is 3. The molecule has 2 N–H and O–H groups in total. The highest BCUT2D eigenvalue weighted by Gasteiger charge is 2.17. The Balaban J connectivity index is 2.08. The van der Waals surface area contributed by atoms with Gasteiger partial charge in [-0.05, 0) is 36.1 Å². The van der Waals surface area contributed by atoms with Crippen LogP contribution in [0.5, 0.6) is 0 Å². The summed E-state index contributed by atoms with van der Waals surface area (Å²) < 4.78 is 4.70. The first-order valence-corrected chi connectivity index (χ1v) is 8.70. The molecule has 0 aliphatic carbocycles. The van der Waals surface area contributed by atoms with Crippen LogP contribution in [0.2, 0.25) is 0 Å². The summed E-state index contributed by atoms with van der Waals surface area (Å²) in [6.45, 7) is 6.00. The number of hydrogen-bond donors (Lipinski definition) is 2. The zero-order valence-corrected chi connectivity index (χ0v) is 16.0. The molecule has 0 saturated carbocycles. The van der Waals surface area contributed by atoms with Crippen LogP contribution in [0.3, 0.4) is 0 Å². The normalized spacial score (nSPS) is 10.4. The fourth-order valence-corrected chi connectivity index (χ4v) is 2.75. The molecule has 0 atom stereocenters. The van der Waals surface area contributed by atoms with E-state index >= 15 is 0 Å². The largest absolute Gasteiger partial charge is 0.465 e. The van der Waals surface area contributed by atoms with E-state index in [1.54, 1.807) is 24.3 Å². The van der Waals surface area contributed by atoms with Crippen LogP contribution in [-0.4, -0.2) is 24.9 Å². The number of rotatable bonds is 6. The first-order chi connectivity index (χ1) is 12.8. The molecule has 2 aromatic carbocycles. The van der Waals surface area contributed by atoms with Gasteiger partial charge in [0.15, 0.2) is 0 Å². The van der Waals surface area contributed by atoms with Gasteiger partial charge in [-0.25, -0.2) is 4.79 Å². The summed E-state index contributed by atoms with van der Waals surface area (Å²) in [4.78, 5) is 36.4. The van der Waals surface area contributed by atoms with Crippen molar-refractivity contribution in [3.8, 4) is 0 Å². The lowest BCUT2D eigenvalue weighted by Gasteiger charge is -2.16. The molecule has 0 spiro atoms. The highest BCUT2D eigenvalue weighted by atomic mass is 16.5. The second kappa shape index (κ2) is 8.98. The standard InChI is InChI=1S/C21H24N2O4/c1-13(2)15-10-7-8-14(3)20(15)23-19(25)12-18(24)22-17-11-6-5-9-16(17)21(26)27-4/h5-11,13H,12H2,1-4H3,(H,22,24)(H,23,25). The van der Waals surface area contributed by atoms with Crippen LogP contribution >= 0.6 is 0 Å². The predicted molar refractivity (Wildman–Crippen MR) is 105 cm³/mol. The Hall–Kier alpha value is -3.15. The molecule has 2 rings (SSSR count). The van der Waals surface area contributed by atoms with Crippen molar-refractivity contribution in [1.29, 1.82) is 0 Å². The summed E-state index contributed by atoms with van der Waals surface area (Å²) in [7, 11) is 1.27. The Morgan fingerprint density at radius 1 is 0.963 bits per heavy atom. The number of esters is 1. The second-order valence-electron chi connectivity index (χ2n) is 6.50. The maximum atomic E-state index is 12.4. The van der Waals surface area contributed by atoms with E-state index in [0.29, 0.717) is 5.69 Å². The number of benzene rings is 2. The van der Waals surface area contributed by atoms with Crippen molar-refractivity contribution in [3.05, 3.63) is 59.2 Å². The Kier molecular flexibility index (Phi) is 6.71. The first kappa shape index (κ1) is 20.2. The maximum Gasteiger partial charge on any atom is 0.339 e. The summed E-state index contributed by atoms with van der Waals surface area (Å²) in [6, 6.07) is 12.3. The number of amides is 2. The Labute approximate surface area is 158 Å². The molecule has 2 amide bonds. The Bertz CT molecular complexity index is 859. The van der Waals surface area contributed by atoms with Gasteiger partial charge in [0.2, 0.25) is 11.8 Å². The van der Waals surface area contributed by atoms with E-state index in [4.69, 9.17) is 4.74 Å². The summed E-state index contributed by atoms with van der Waals surface area (Å²) in [5, 5.41) is 5.43. The minimum atomic E-state index is -0.558. The molecular formula is C21H24N2O4. The van der Waals surface area contributed by atoms with E-state index < -0.39 is 17.8 Å². The summed E-state index contributed by atoms with van der Waals surface area (Å²) in [6.07, 6.45) is -0.360. The molecule has 0 heterocycles. The molecule has 2 aromatic rings. The number of carbonyl (C=O) groups is 3.